The van der Waals surface area contributed by atoms with Crippen LogP contribution in [0.15, 0.2) is 36.4 Å². The van der Waals surface area contributed by atoms with Crippen LogP contribution in [0.4, 0.5) is 17.6 Å². The van der Waals surface area contributed by atoms with Gasteiger partial charge in [0, 0.05) is 44.7 Å². The Morgan fingerprint density at radius 3 is 2.44 bits per heavy atom. The average Bonchev–Trinajstić information content (AvgIpc) is 3.27. The van der Waals surface area contributed by atoms with E-state index in [2.05, 4.69) is 4.90 Å². The Kier molecular flexibility index (Phi) is 8.46. The van der Waals surface area contributed by atoms with Gasteiger partial charge in [0.1, 0.15) is 5.82 Å². The summed E-state index contributed by atoms with van der Waals surface area (Å²) in [4.78, 5) is 18.9. The van der Waals surface area contributed by atoms with E-state index in [1.54, 1.807) is 17.0 Å². The van der Waals surface area contributed by atoms with E-state index >= 15 is 0 Å². The minimum atomic E-state index is -4.75. The van der Waals surface area contributed by atoms with E-state index in [1.807, 2.05) is 18.0 Å². The maximum Gasteiger partial charge on any atom is 0.419 e. The fourth-order valence-corrected chi connectivity index (χ4v) is 5.16. The summed E-state index contributed by atoms with van der Waals surface area (Å²) in [7, 11) is 1.82. The molecule has 2 aromatic carbocycles. The molecule has 2 heterocycles. The van der Waals surface area contributed by atoms with Crippen molar-refractivity contribution >= 4 is 29.1 Å². The van der Waals surface area contributed by atoms with E-state index in [0.717, 1.165) is 17.7 Å². The summed E-state index contributed by atoms with van der Waals surface area (Å²) in [5, 5.41) is 0.822. The number of amides is 1. The van der Waals surface area contributed by atoms with Crippen LogP contribution >= 0.6 is 23.2 Å². The standard InChI is InChI=1S/C25H27Cl2F4N3O2/c1-32(12-16-2-4-19(22(28)10-16)25(29,30)31)23-14-34(24(35)15-33-6-8-36-9-7-33)13-18(23)17-3-5-20(26)21(27)11-17/h2-5,10-11,18,23H,6-9,12-15H2,1H3. The number of carbonyl (C=O) groups excluding carboxylic acids is 1. The molecule has 2 aliphatic rings. The first-order chi connectivity index (χ1) is 17.0. The quantitative estimate of drug-likeness (QED) is 0.481. The van der Waals surface area contributed by atoms with Gasteiger partial charge in [0.2, 0.25) is 5.91 Å². The topological polar surface area (TPSA) is 36.0 Å². The number of alkyl halides is 3. The number of ether oxygens (including phenoxy) is 1. The number of carbonyl (C=O) groups is 1. The number of hydrogen-bond donors (Lipinski definition) is 0. The number of likely N-dealkylation sites (N-methyl/N-ethyl adjacent to an activating group) is 1. The maximum atomic E-state index is 14.2. The SMILES string of the molecule is CN(Cc1ccc(C(F)(F)F)c(F)c1)C1CN(C(=O)CN2CCOCC2)CC1c1ccc(Cl)c(Cl)c1. The Morgan fingerprint density at radius 2 is 1.81 bits per heavy atom. The second kappa shape index (κ2) is 11.2. The predicted molar refractivity (Wildman–Crippen MR) is 130 cm³/mol. The van der Waals surface area contributed by atoms with Crippen molar-refractivity contribution in [3.63, 3.8) is 0 Å². The second-order valence-corrected chi connectivity index (χ2v) is 10.1. The lowest BCUT2D eigenvalue weighted by atomic mass is 9.93. The van der Waals surface area contributed by atoms with Crippen molar-refractivity contribution in [2.75, 3.05) is 53.0 Å². The van der Waals surface area contributed by atoms with Crippen molar-refractivity contribution in [1.82, 2.24) is 14.7 Å². The largest absolute Gasteiger partial charge is 0.419 e. The third kappa shape index (κ3) is 6.31. The molecule has 2 fully saturated rings. The van der Waals surface area contributed by atoms with E-state index < -0.39 is 17.6 Å². The van der Waals surface area contributed by atoms with Crippen molar-refractivity contribution in [2.45, 2.75) is 24.7 Å². The fraction of sp³-hybridized carbons (Fsp3) is 0.480. The van der Waals surface area contributed by atoms with E-state index in [-0.39, 0.29) is 31.0 Å². The van der Waals surface area contributed by atoms with Gasteiger partial charge in [-0.25, -0.2) is 4.39 Å². The zero-order chi connectivity index (χ0) is 26.0. The maximum absolute atomic E-state index is 14.2. The van der Waals surface area contributed by atoms with Crippen molar-refractivity contribution in [1.29, 1.82) is 0 Å². The molecule has 2 saturated heterocycles. The molecule has 0 spiro atoms. The van der Waals surface area contributed by atoms with Crippen LogP contribution in [0.2, 0.25) is 10.0 Å². The van der Waals surface area contributed by atoms with Crippen molar-refractivity contribution in [3.05, 3.63) is 69.0 Å². The zero-order valence-electron chi connectivity index (χ0n) is 19.7. The van der Waals surface area contributed by atoms with Gasteiger partial charge in [-0.2, -0.15) is 13.2 Å². The minimum Gasteiger partial charge on any atom is -0.379 e. The van der Waals surface area contributed by atoms with E-state index in [4.69, 9.17) is 27.9 Å². The smallest absolute Gasteiger partial charge is 0.379 e. The molecule has 11 heteroatoms. The monoisotopic (exact) mass is 547 g/mol. The predicted octanol–water partition coefficient (Wildman–Crippen LogP) is 4.91. The van der Waals surface area contributed by atoms with Crippen LogP contribution in [0.25, 0.3) is 0 Å². The first-order valence-corrected chi connectivity index (χ1v) is 12.4. The average molecular weight is 548 g/mol. The third-order valence-electron chi connectivity index (χ3n) is 6.81. The van der Waals surface area contributed by atoms with Crippen LogP contribution in [-0.4, -0.2) is 79.6 Å². The number of rotatable bonds is 6. The highest BCUT2D eigenvalue weighted by Crippen LogP contribution is 2.36. The van der Waals surface area contributed by atoms with Crippen molar-refractivity contribution in [3.8, 4) is 0 Å². The highest BCUT2D eigenvalue weighted by molar-refractivity contribution is 6.42. The van der Waals surface area contributed by atoms with Crippen LogP contribution in [0.3, 0.4) is 0 Å². The van der Waals surface area contributed by atoms with E-state index in [0.29, 0.717) is 55.0 Å². The molecular formula is C25H27Cl2F4N3O2. The fourth-order valence-electron chi connectivity index (χ4n) is 4.85. The second-order valence-electron chi connectivity index (χ2n) is 9.26. The number of benzene rings is 2. The van der Waals surface area contributed by atoms with Crippen LogP contribution in [0.1, 0.15) is 22.6 Å². The molecule has 0 radical (unpaired) electrons. The van der Waals surface area contributed by atoms with Crippen LogP contribution < -0.4 is 0 Å². The lowest BCUT2D eigenvalue weighted by molar-refractivity contribution is -0.140. The number of hydrogen-bond acceptors (Lipinski definition) is 4. The number of nitrogens with zero attached hydrogens (tertiary/aromatic N) is 3. The summed E-state index contributed by atoms with van der Waals surface area (Å²) in [6, 6.07) is 8.16. The first-order valence-electron chi connectivity index (χ1n) is 11.6. The molecule has 196 valence electrons. The van der Waals surface area contributed by atoms with Gasteiger partial charge in [-0.1, -0.05) is 35.3 Å². The Bertz CT molecular complexity index is 1100. The van der Waals surface area contributed by atoms with Gasteiger partial charge >= 0.3 is 6.18 Å². The highest BCUT2D eigenvalue weighted by atomic mass is 35.5. The number of halogens is 6. The normalized spacial score (nSPS) is 21.4. The van der Waals surface area contributed by atoms with E-state index in [9.17, 15) is 22.4 Å². The lowest BCUT2D eigenvalue weighted by Crippen LogP contribution is -2.45. The molecule has 2 unspecified atom stereocenters. The summed E-state index contributed by atoms with van der Waals surface area (Å²) in [6.07, 6.45) is -4.75. The number of morpholine rings is 1. The number of likely N-dealkylation sites (tertiary alicyclic amines) is 1. The Morgan fingerprint density at radius 1 is 1.08 bits per heavy atom. The molecule has 0 bridgehead atoms. The first kappa shape index (κ1) is 27.1. The van der Waals surface area contributed by atoms with Crippen molar-refractivity contribution in [2.24, 2.45) is 0 Å². The summed E-state index contributed by atoms with van der Waals surface area (Å²) in [5.74, 6) is -1.42. The Hall–Kier alpha value is -1.91. The Balaban J connectivity index is 1.53. The summed E-state index contributed by atoms with van der Waals surface area (Å²) in [6.45, 7) is 3.95. The van der Waals surface area contributed by atoms with Gasteiger partial charge in [-0.05, 0) is 42.4 Å². The van der Waals surface area contributed by atoms with Crippen LogP contribution in [0.5, 0.6) is 0 Å². The molecule has 0 N–H and O–H groups in total. The Labute approximate surface area is 217 Å². The van der Waals surface area contributed by atoms with Crippen molar-refractivity contribution < 1.29 is 27.1 Å². The lowest BCUT2D eigenvalue weighted by Gasteiger charge is -2.29. The van der Waals surface area contributed by atoms with Gasteiger partial charge in [-0.3, -0.25) is 14.6 Å². The molecule has 36 heavy (non-hydrogen) atoms. The third-order valence-corrected chi connectivity index (χ3v) is 7.55. The van der Waals surface area contributed by atoms with Gasteiger partial charge in [0.25, 0.3) is 0 Å². The summed E-state index contributed by atoms with van der Waals surface area (Å²) < 4.78 is 58.4. The van der Waals surface area contributed by atoms with Crippen LogP contribution in [-0.2, 0) is 22.3 Å². The molecule has 0 aliphatic carbocycles. The van der Waals surface area contributed by atoms with E-state index in [1.165, 1.54) is 6.07 Å². The molecule has 2 aliphatic heterocycles. The zero-order valence-corrected chi connectivity index (χ0v) is 21.2. The van der Waals surface area contributed by atoms with Gasteiger partial charge in [0.15, 0.2) is 0 Å². The van der Waals surface area contributed by atoms with Gasteiger partial charge < -0.3 is 9.64 Å². The molecule has 0 aromatic heterocycles. The molecule has 1 amide bonds. The molecule has 4 rings (SSSR count). The molecule has 0 saturated carbocycles. The van der Waals surface area contributed by atoms with Gasteiger partial charge in [-0.15, -0.1) is 0 Å². The van der Waals surface area contributed by atoms with Crippen LogP contribution in [0, 0.1) is 5.82 Å². The molecule has 2 aromatic rings. The minimum absolute atomic E-state index is 0.00145. The molecule has 5 nitrogen and oxygen atoms in total. The highest BCUT2D eigenvalue weighted by Gasteiger charge is 2.39. The van der Waals surface area contributed by atoms with Gasteiger partial charge in [0.05, 0.1) is 35.4 Å². The molecule has 2 atom stereocenters. The molecular weight excluding hydrogens is 521 g/mol. The summed E-state index contributed by atoms with van der Waals surface area (Å²) in [5.41, 5.74) is 0.0267. The summed E-state index contributed by atoms with van der Waals surface area (Å²) >= 11 is 12.4.